The molecule has 0 spiro atoms. The summed E-state index contributed by atoms with van der Waals surface area (Å²) in [5.74, 6) is 0. The molecular formula is C16H17BrClN. The van der Waals surface area contributed by atoms with Crippen LogP contribution in [0.4, 0.5) is 0 Å². The SMILES string of the molecule is Cc1ccc(CC(N)c2ccc(Br)cc2Cl)cc1C. The summed E-state index contributed by atoms with van der Waals surface area (Å²) in [6.07, 6.45) is 0.794. The van der Waals surface area contributed by atoms with Gasteiger partial charge in [0.2, 0.25) is 0 Å². The fourth-order valence-electron chi connectivity index (χ4n) is 2.10. The zero-order valence-electron chi connectivity index (χ0n) is 11.1. The molecule has 1 unspecified atom stereocenters. The van der Waals surface area contributed by atoms with E-state index in [1.165, 1.54) is 16.7 Å². The summed E-state index contributed by atoms with van der Waals surface area (Å²) in [6.45, 7) is 4.24. The minimum Gasteiger partial charge on any atom is -0.324 e. The Morgan fingerprint density at radius 1 is 1.11 bits per heavy atom. The van der Waals surface area contributed by atoms with Crippen molar-refractivity contribution in [3.63, 3.8) is 0 Å². The lowest BCUT2D eigenvalue weighted by molar-refractivity contribution is 0.721. The largest absolute Gasteiger partial charge is 0.324 e. The van der Waals surface area contributed by atoms with Crippen molar-refractivity contribution in [2.75, 3.05) is 0 Å². The van der Waals surface area contributed by atoms with Crippen LogP contribution >= 0.6 is 27.5 Å². The first-order valence-corrected chi connectivity index (χ1v) is 7.41. The lowest BCUT2D eigenvalue weighted by Crippen LogP contribution is -2.14. The molecule has 0 fully saturated rings. The Morgan fingerprint density at radius 3 is 2.47 bits per heavy atom. The summed E-state index contributed by atoms with van der Waals surface area (Å²) in [5.41, 5.74) is 11.1. The first kappa shape index (κ1) is 14.6. The maximum atomic E-state index is 6.27. The second kappa shape index (κ2) is 6.08. The molecule has 0 aliphatic rings. The fraction of sp³-hybridized carbons (Fsp3) is 0.250. The second-order valence-corrected chi connectivity index (χ2v) is 6.22. The van der Waals surface area contributed by atoms with E-state index in [2.05, 4.69) is 48.0 Å². The average Bonchev–Trinajstić information content (AvgIpc) is 2.33. The smallest absolute Gasteiger partial charge is 0.0465 e. The molecule has 2 aromatic carbocycles. The van der Waals surface area contributed by atoms with Gasteiger partial charge in [-0.1, -0.05) is 51.8 Å². The number of hydrogen-bond acceptors (Lipinski definition) is 1. The first-order valence-electron chi connectivity index (χ1n) is 6.24. The molecule has 0 radical (unpaired) electrons. The number of rotatable bonds is 3. The standard InChI is InChI=1S/C16H17BrClN/c1-10-3-4-12(7-11(10)2)8-16(19)14-6-5-13(17)9-15(14)18/h3-7,9,16H,8,19H2,1-2H3. The first-order chi connectivity index (χ1) is 8.97. The van der Waals surface area contributed by atoms with Crippen molar-refractivity contribution in [1.82, 2.24) is 0 Å². The third-order valence-electron chi connectivity index (χ3n) is 3.39. The van der Waals surface area contributed by atoms with E-state index in [-0.39, 0.29) is 6.04 Å². The summed E-state index contributed by atoms with van der Waals surface area (Å²) >= 11 is 9.64. The van der Waals surface area contributed by atoms with E-state index >= 15 is 0 Å². The van der Waals surface area contributed by atoms with Crippen LogP contribution in [0.2, 0.25) is 5.02 Å². The summed E-state index contributed by atoms with van der Waals surface area (Å²) in [5, 5.41) is 0.714. The molecule has 0 bridgehead atoms. The molecular weight excluding hydrogens is 322 g/mol. The molecule has 1 nitrogen and oxygen atoms in total. The minimum atomic E-state index is -0.0808. The highest BCUT2D eigenvalue weighted by molar-refractivity contribution is 9.10. The number of hydrogen-bond donors (Lipinski definition) is 1. The Labute approximate surface area is 127 Å². The topological polar surface area (TPSA) is 26.0 Å². The summed E-state index contributed by atoms with van der Waals surface area (Å²) in [4.78, 5) is 0. The molecule has 2 N–H and O–H groups in total. The molecule has 0 saturated heterocycles. The van der Waals surface area contributed by atoms with Gasteiger partial charge in [-0.25, -0.2) is 0 Å². The highest BCUT2D eigenvalue weighted by Gasteiger charge is 2.11. The van der Waals surface area contributed by atoms with Gasteiger partial charge in [-0.15, -0.1) is 0 Å². The molecule has 100 valence electrons. The van der Waals surface area contributed by atoms with Crippen LogP contribution in [0, 0.1) is 13.8 Å². The van der Waals surface area contributed by atoms with E-state index < -0.39 is 0 Å². The quantitative estimate of drug-likeness (QED) is 0.841. The minimum absolute atomic E-state index is 0.0808. The molecule has 2 rings (SSSR count). The van der Waals surface area contributed by atoms with Crippen molar-refractivity contribution in [2.45, 2.75) is 26.3 Å². The van der Waals surface area contributed by atoms with Gasteiger partial charge in [-0.05, 0) is 54.7 Å². The average molecular weight is 339 g/mol. The monoisotopic (exact) mass is 337 g/mol. The van der Waals surface area contributed by atoms with Gasteiger partial charge in [0.05, 0.1) is 0 Å². The number of nitrogens with two attached hydrogens (primary N) is 1. The van der Waals surface area contributed by atoms with Crippen molar-refractivity contribution in [3.05, 3.63) is 68.1 Å². The predicted molar refractivity (Wildman–Crippen MR) is 85.7 cm³/mol. The maximum absolute atomic E-state index is 6.27. The summed E-state index contributed by atoms with van der Waals surface area (Å²) in [7, 11) is 0. The third-order valence-corrected chi connectivity index (χ3v) is 4.21. The zero-order chi connectivity index (χ0) is 14.0. The van der Waals surface area contributed by atoms with Gasteiger partial charge < -0.3 is 5.73 Å². The van der Waals surface area contributed by atoms with Gasteiger partial charge in [-0.3, -0.25) is 0 Å². The lowest BCUT2D eigenvalue weighted by atomic mass is 9.97. The second-order valence-electron chi connectivity index (χ2n) is 4.90. The van der Waals surface area contributed by atoms with E-state index in [4.69, 9.17) is 17.3 Å². The molecule has 19 heavy (non-hydrogen) atoms. The van der Waals surface area contributed by atoms with Gasteiger partial charge in [-0.2, -0.15) is 0 Å². The van der Waals surface area contributed by atoms with Gasteiger partial charge >= 0.3 is 0 Å². The Bertz CT molecular complexity index is 595. The van der Waals surface area contributed by atoms with Gasteiger partial charge in [0, 0.05) is 15.5 Å². The highest BCUT2D eigenvalue weighted by Crippen LogP contribution is 2.27. The molecule has 0 aliphatic heterocycles. The van der Waals surface area contributed by atoms with E-state index in [9.17, 15) is 0 Å². The van der Waals surface area contributed by atoms with E-state index in [0.29, 0.717) is 5.02 Å². The van der Waals surface area contributed by atoms with Gasteiger partial charge in [0.15, 0.2) is 0 Å². The van der Waals surface area contributed by atoms with E-state index in [1.54, 1.807) is 0 Å². The van der Waals surface area contributed by atoms with Crippen molar-refractivity contribution < 1.29 is 0 Å². The summed E-state index contributed by atoms with van der Waals surface area (Å²) < 4.78 is 0.972. The van der Waals surface area contributed by atoms with Crippen molar-refractivity contribution in [1.29, 1.82) is 0 Å². The molecule has 0 heterocycles. The fourth-order valence-corrected chi connectivity index (χ4v) is 2.91. The molecule has 0 amide bonds. The van der Waals surface area contributed by atoms with Crippen LogP contribution < -0.4 is 5.73 Å². The zero-order valence-corrected chi connectivity index (χ0v) is 13.4. The molecule has 0 aliphatic carbocycles. The van der Waals surface area contributed by atoms with Crippen molar-refractivity contribution >= 4 is 27.5 Å². The number of benzene rings is 2. The van der Waals surface area contributed by atoms with Crippen LogP contribution in [0.15, 0.2) is 40.9 Å². The Kier molecular flexibility index (Phi) is 4.67. The molecule has 2 aromatic rings. The van der Waals surface area contributed by atoms with Gasteiger partial charge in [0.25, 0.3) is 0 Å². The maximum Gasteiger partial charge on any atom is 0.0465 e. The van der Waals surface area contributed by atoms with Crippen LogP contribution in [-0.2, 0) is 6.42 Å². The summed E-state index contributed by atoms with van der Waals surface area (Å²) in [6, 6.07) is 12.2. The van der Waals surface area contributed by atoms with Crippen LogP contribution in [0.5, 0.6) is 0 Å². The van der Waals surface area contributed by atoms with E-state index in [1.807, 2.05) is 18.2 Å². The predicted octanol–water partition coefficient (Wildman–Crippen LogP) is 4.96. The highest BCUT2D eigenvalue weighted by atomic mass is 79.9. The van der Waals surface area contributed by atoms with Crippen LogP contribution in [-0.4, -0.2) is 0 Å². The number of aryl methyl sites for hydroxylation is 2. The molecule has 3 heteroatoms. The molecule has 0 aromatic heterocycles. The van der Waals surface area contributed by atoms with Crippen molar-refractivity contribution in [2.24, 2.45) is 5.73 Å². The Hall–Kier alpha value is -0.830. The van der Waals surface area contributed by atoms with Gasteiger partial charge in [0.1, 0.15) is 0 Å². The normalized spacial score (nSPS) is 12.5. The van der Waals surface area contributed by atoms with Crippen LogP contribution in [0.25, 0.3) is 0 Å². The molecule has 0 saturated carbocycles. The van der Waals surface area contributed by atoms with E-state index in [0.717, 1.165) is 16.5 Å². The Balaban J connectivity index is 2.20. The number of halogens is 2. The third kappa shape index (κ3) is 3.59. The van der Waals surface area contributed by atoms with Crippen LogP contribution in [0.1, 0.15) is 28.3 Å². The lowest BCUT2D eigenvalue weighted by Gasteiger charge is -2.15. The molecule has 1 atom stereocenters. The van der Waals surface area contributed by atoms with Crippen LogP contribution in [0.3, 0.4) is 0 Å². The Morgan fingerprint density at radius 2 is 1.84 bits per heavy atom. The van der Waals surface area contributed by atoms with Crippen molar-refractivity contribution in [3.8, 4) is 0 Å².